The highest BCUT2D eigenvalue weighted by atomic mass is 16.5. The molecule has 0 radical (unpaired) electrons. The summed E-state index contributed by atoms with van der Waals surface area (Å²) in [5, 5.41) is 5.51. The van der Waals surface area contributed by atoms with E-state index in [4.69, 9.17) is 4.74 Å². The van der Waals surface area contributed by atoms with Gasteiger partial charge in [0.1, 0.15) is 0 Å². The average molecular weight is 265 g/mol. The molecule has 2 N–H and O–H groups in total. The molecule has 0 saturated carbocycles. The zero-order chi connectivity index (χ0) is 14.1. The first-order valence-electron chi connectivity index (χ1n) is 6.35. The number of hydrogen-bond acceptors (Lipinski definition) is 3. The fraction of sp³-hybridized carbons (Fsp3) is 0.500. The van der Waals surface area contributed by atoms with E-state index >= 15 is 0 Å². The Kier molecular flexibility index (Phi) is 6.92. The number of nitrogens with one attached hydrogen (secondary N) is 2. The third-order valence-corrected chi connectivity index (χ3v) is 2.57. The van der Waals surface area contributed by atoms with Gasteiger partial charge in [-0.25, -0.2) is 4.79 Å². The van der Waals surface area contributed by atoms with Crippen molar-refractivity contribution in [3.05, 3.63) is 35.4 Å². The molecule has 0 atom stereocenters. The number of amides is 2. The van der Waals surface area contributed by atoms with Gasteiger partial charge in [0.15, 0.2) is 0 Å². The summed E-state index contributed by atoms with van der Waals surface area (Å²) in [7, 11) is 5.69. The highest BCUT2D eigenvalue weighted by Gasteiger charge is 2.00. The lowest BCUT2D eigenvalue weighted by Crippen LogP contribution is -2.36. The minimum atomic E-state index is -0.172. The molecule has 0 saturated heterocycles. The van der Waals surface area contributed by atoms with E-state index in [1.807, 2.05) is 26.2 Å². The lowest BCUT2D eigenvalue weighted by atomic mass is 10.1. The van der Waals surface area contributed by atoms with E-state index < -0.39 is 0 Å². The molecule has 0 aliphatic carbocycles. The van der Waals surface area contributed by atoms with Crippen LogP contribution in [-0.2, 0) is 17.8 Å². The van der Waals surface area contributed by atoms with Gasteiger partial charge in [-0.1, -0.05) is 24.3 Å². The highest BCUT2D eigenvalue weighted by Crippen LogP contribution is 2.05. The molecule has 106 valence electrons. The van der Waals surface area contributed by atoms with Crippen molar-refractivity contribution in [2.75, 3.05) is 34.4 Å². The molecule has 2 amide bonds. The molecule has 1 rings (SSSR count). The van der Waals surface area contributed by atoms with Crippen LogP contribution in [0.5, 0.6) is 0 Å². The number of hydrogen-bond donors (Lipinski definition) is 2. The summed E-state index contributed by atoms with van der Waals surface area (Å²) >= 11 is 0. The number of methoxy groups -OCH3 is 1. The molecule has 0 fully saturated rings. The van der Waals surface area contributed by atoms with Crippen molar-refractivity contribution in [1.29, 1.82) is 0 Å². The molecule has 0 aliphatic heterocycles. The largest absolute Gasteiger partial charge is 0.383 e. The van der Waals surface area contributed by atoms with Gasteiger partial charge in [0.05, 0.1) is 6.61 Å². The van der Waals surface area contributed by atoms with Crippen LogP contribution in [0, 0.1) is 0 Å². The standard InChI is InChI=1S/C14H23N3O2/c1-17(2)11-13-6-4-12(5-7-13)10-16-14(18)15-8-9-19-3/h4-7H,8-11H2,1-3H3,(H2,15,16,18). The molecule has 0 aromatic heterocycles. The molecule has 0 bridgehead atoms. The molecular weight excluding hydrogens is 242 g/mol. The fourth-order valence-electron chi connectivity index (χ4n) is 1.64. The van der Waals surface area contributed by atoms with Crippen molar-refractivity contribution in [2.24, 2.45) is 0 Å². The minimum absolute atomic E-state index is 0.172. The van der Waals surface area contributed by atoms with Crippen LogP contribution in [-0.4, -0.2) is 45.3 Å². The monoisotopic (exact) mass is 265 g/mol. The van der Waals surface area contributed by atoms with Crippen molar-refractivity contribution in [2.45, 2.75) is 13.1 Å². The maximum atomic E-state index is 11.4. The summed E-state index contributed by atoms with van der Waals surface area (Å²) in [4.78, 5) is 13.5. The lowest BCUT2D eigenvalue weighted by molar-refractivity contribution is 0.196. The number of benzene rings is 1. The molecule has 1 aromatic carbocycles. The normalized spacial score (nSPS) is 10.5. The molecule has 1 aromatic rings. The molecule has 0 spiro atoms. The second kappa shape index (κ2) is 8.50. The van der Waals surface area contributed by atoms with Gasteiger partial charge < -0.3 is 20.3 Å². The van der Waals surface area contributed by atoms with E-state index in [1.54, 1.807) is 7.11 Å². The van der Waals surface area contributed by atoms with Crippen LogP contribution in [0.1, 0.15) is 11.1 Å². The molecule has 19 heavy (non-hydrogen) atoms. The third kappa shape index (κ3) is 6.79. The van der Waals surface area contributed by atoms with Crippen molar-refractivity contribution in [3.8, 4) is 0 Å². The maximum Gasteiger partial charge on any atom is 0.315 e. The van der Waals surface area contributed by atoms with Crippen LogP contribution in [0.2, 0.25) is 0 Å². The number of nitrogens with zero attached hydrogens (tertiary/aromatic N) is 1. The number of carbonyl (C=O) groups excluding carboxylic acids is 1. The Labute approximate surface area is 114 Å². The second-order valence-electron chi connectivity index (χ2n) is 4.66. The highest BCUT2D eigenvalue weighted by molar-refractivity contribution is 5.73. The number of urea groups is 1. The van der Waals surface area contributed by atoms with E-state index in [-0.39, 0.29) is 6.03 Å². The summed E-state index contributed by atoms with van der Waals surface area (Å²) in [6.07, 6.45) is 0. The van der Waals surface area contributed by atoms with E-state index in [0.717, 1.165) is 12.1 Å². The number of ether oxygens (including phenoxy) is 1. The first kappa shape index (κ1) is 15.5. The van der Waals surface area contributed by atoms with Crippen molar-refractivity contribution < 1.29 is 9.53 Å². The Morgan fingerprint density at radius 2 is 1.79 bits per heavy atom. The van der Waals surface area contributed by atoms with Gasteiger partial charge >= 0.3 is 6.03 Å². The molecule has 5 heteroatoms. The zero-order valence-electron chi connectivity index (χ0n) is 11.9. The Morgan fingerprint density at radius 3 is 2.37 bits per heavy atom. The number of carbonyl (C=O) groups is 1. The molecule has 0 aliphatic rings. The predicted octanol–water partition coefficient (Wildman–Crippen LogP) is 1.19. The van der Waals surface area contributed by atoms with E-state index in [9.17, 15) is 4.79 Å². The van der Waals surface area contributed by atoms with Gasteiger partial charge in [-0.05, 0) is 25.2 Å². The van der Waals surface area contributed by atoms with Gasteiger partial charge in [0, 0.05) is 26.7 Å². The molecular formula is C14H23N3O2. The minimum Gasteiger partial charge on any atom is -0.383 e. The zero-order valence-corrected chi connectivity index (χ0v) is 11.9. The molecule has 0 unspecified atom stereocenters. The molecule has 0 heterocycles. The van der Waals surface area contributed by atoms with Gasteiger partial charge in [-0.15, -0.1) is 0 Å². The van der Waals surface area contributed by atoms with Crippen LogP contribution in [0.3, 0.4) is 0 Å². The lowest BCUT2D eigenvalue weighted by Gasteiger charge is -2.11. The van der Waals surface area contributed by atoms with Gasteiger partial charge in [0.2, 0.25) is 0 Å². The Hall–Kier alpha value is -1.59. The summed E-state index contributed by atoms with van der Waals surface area (Å²) in [6, 6.07) is 8.07. The van der Waals surface area contributed by atoms with Crippen molar-refractivity contribution >= 4 is 6.03 Å². The smallest absolute Gasteiger partial charge is 0.315 e. The maximum absolute atomic E-state index is 11.4. The SMILES string of the molecule is COCCNC(=O)NCc1ccc(CN(C)C)cc1. The van der Waals surface area contributed by atoms with E-state index in [1.165, 1.54) is 5.56 Å². The fourth-order valence-corrected chi connectivity index (χ4v) is 1.64. The van der Waals surface area contributed by atoms with Crippen LogP contribution < -0.4 is 10.6 Å². The Balaban J connectivity index is 2.31. The summed E-state index contributed by atoms with van der Waals surface area (Å²) in [5.41, 5.74) is 2.35. The predicted molar refractivity (Wildman–Crippen MR) is 75.9 cm³/mol. The topological polar surface area (TPSA) is 53.6 Å². The van der Waals surface area contributed by atoms with Crippen molar-refractivity contribution in [3.63, 3.8) is 0 Å². The van der Waals surface area contributed by atoms with Gasteiger partial charge in [-0.3, -0.25) is 0 Å². The van der Waals surface area contributed by atoms with E-state index in [0.29, 0.717) is 19.7 Å². The molecule has 5 nitrogen and oxygen atoms in total. The second-order valence-corrected chi connectivity index (χ2v) is 4.66. The quantitative estimate of drug-likeness (QED) is 0.728. The van der Waals surface area contributed by atoms with Gasteiger partial charge in [0.25, 0.3) is 0 Å². The summed E-state index contributed by atoms with van der Waals surface area (Å²) in [5.74, 6) is 0. The Morgan fingerprint density at radius 1 is 1.16 bits per heavy atom. The van der Waals surface area contributed by atoms with Crippen LogP contribution in [0.15, 0.2) is 24.3 Å². The Bertz CT molecular complexity index is 377. The van der Waals surface area contributed by atoms with E-state index in [2.05, 4.69) is 27.7 Å². The van der Waals surface area contributed by atoms with Crippen LogP contribution in [0.25, 0.3) is 0 Å². The third-order valence-electron chi connectivity index (χ3n) is 2.57. The van der Waals surface area contributed by atoms with Crippen molar-refractivity contribution in [1.82, 2.24) is 15.5 Å². The summed E-state index contributed by atoms with van der Waals surface area (Å²) < 4.78 is 4.85. The van der Waals surface area contributed by atoms with Crippen LogP contribution in [0.4, 0.5) is 4.79 Å². The summed E-state index contributed by atoms with van der Waals surface area (Å²) in [6.45, 7) is 2.49. The van der Waals surface area contributed by atoms with Crippen LogP contribution >= 0.6 is 0 Å². The first-order chi connectivity index (χ1) is 9.11. The van der Waals surface area contributed by atoms with Gasteiger partial charge in [-0.2, -0.15) is 0 Å². The number of rotatable bonds is 7. The first-order valence-corrected chi connectivity index (χ1v) is 6.35. The average Bonchev–Trinajstić information content (AvgIpc) is 2.37.